The Balaban J connectivity index is 2.26. The van der Waals surface area contributed by atoms with Crippen LogP contribution in [-0.4, -0.2) is 37.2 Å². The predicted molar refractivity (Wildman–Crippen MR) is 103 cm³/mol. The first-order chi connectivity index (χ1) is 12.0. The Morgan fingerprint density at radius 3 is 2.19 bits per heavy atom. The number of hydrogen-bond acceptors (Lipinski definition) is 4. The maximum atomic E-state index is 13.1. The molecule has 1 aromatic carbocycles. The Morgan fingerprint density at radius 2 is 1.65 bits per heavy atom. The lowest BCUT2D eigenvalue weighted by Gasteiger charge is -2.21. The molecule has 0 aliphatic heterocycles. The highest BCUT2D eigenvalue weighted by atomic mass is 32.2. The Morgan fingerprint density at radius 1 is 1.08 bits per heavy atom. The summed E-state index contributed by atoms with van der Waals surface area (Å²) in [6.07, 6.45) is 1.59. The van der Waals surface area contributed by atoms with Gasteiger partial charge in [0.05, 0.1) is 11.4 Å². The highest BCUT2D eigenvalue weighted by molar-refractivity contribution is 7.89. The number of amides is 1. The smallest absolute Gasteiger partial charge is 0.243 e. The average molecular weight is 375 g/mol. The van der Waals surface area contributed by atoms with Gasteiger partial charge >= 0.3 is 0 Å². The van der Waals surface area contributed by atoms with Gasteiger partial charge in [0.15, 0.2) is 0 Å². The van der Waals surface area contributed by atoms with Gasteiger partial charge in [0.1, 0.15) is 5.82 Å². The second kappa shape index (κ2) is 7.55. The summed E-state index contributed by atoms with van der Waals surface area (Å²) in [6, 6.07) is 5.52. The summed E-state index contributed by atoms with van der Waals surface area (Å²) >= 11 is 0. The van der Waals surface area contributed by atoms with E-state index in [1.165, 1.54) is 7.05 Å². The molecule has 0 bridgehead atoms. The summed E-state index contributed by atoms with van der Waals surface area (Å²) in [7, 11) is -2.38. The maximum Gasteiger partial charge on any atom is 0.243 e. The first-order valence-electron chi connectivity index (χ1n) is 8.30. The number of nitrogens with zero attached hydrogens (tertiary/aromatic N) is 2. The summed E-state index contributed by atoms with van der Waals surface area (Å²) in [5.74, 6) is -0.0339. The molecule has 0 aliphatic carbocycles. The van der Waals surface area contributed by atoms with Crippen molar-refractivity contribution >= 4 is 21.7 Å². The van der Waals surface area contributed by atoms with Crippen molar-refractivity contribution in [2.75, 3.05) is 18.9 Å². The first kappa shape index (κ1) is 20.1. The van der Waals surface area contributed by atoms with Crippen LogP contribution in [0.15, 0.2) is 29.3 Å². The lowest BCUT2D eigenvalue weighted by Crippen LogP contribution is -2.36. The summed E-state index contributed by atoms with van der Waals surface area (Å²) < 4.78 is 27.2. The van der Waals surface area contributed by atoms with Crippen molar-refractivity contribution in [2.45, 2.75) is 39.5 Å². The minimum Gasteiger partial charge on any atom is -0.310 e. The fourth-order valence-corrected chi connectivity index (χ4v) is 4.49. The Labute approximate surface area is 155 Å². The number of carbonyl (C=O) groups excluding carboxylic acids is 1. The highest BCUT2D eigenvalue weighted by Crippen LogP contribution is 2.28. The number of aromatic nitrogens is 1. The molecule has 2 rings (SSSR count). The van der Waals surface area contributed by atoms with Crippen molar-refractivity contribution in [1.82, 2.24) is 9.29 Å². The average Bonchev–Trinajstić information content (AvgIpc) is 2.52. The molecule has 26 heavy (non-hydrogen) atoms. The monoisotopic (exact) mass is 375 g/mol. The molecule has 0 atom stereocenters. The minimum atomic E-state index is -3.79. The van der Waals surface area contributed by atoms with Crippen LogP contribution in [0.5, 0.6) is 0 Å². The minimum absolute atomic E-state index is 0.277. The molecule has 7 heteroatoms. The van der Waals surface area contributed by atoms with Gasteiger partial charge in [-0.2, -0.15) is 4.31 Å². The SMILES string of the molecule is Cc1ccnc(NC(=O)CN(C)S(=O)(=O)c2c(C)c(C)cc(C)c2C)c1. The zero-order valence-electron chi connectivity index (χ0n) is 16.0. The summed E-state index contributed by atoms with van der Waals surface area (Å²) in [4.78, 5) is 16.6. The van der Waals surface area contributed by atoms with Crippen LogP contribution in [0.2, 0.25) is 0 Å². The van der Waals surface area contributed by atoms with Gasteiger partial charge in [0.25, 0.3) is 0 Å². The van der Waals surface area contributed by atoms with Gasteiger partial charge in [-0.25, -0.2) is 13.4 Å². The van der Waals surface area contributed by atoms with Crippen LogP contribution in [0.25, 0.3) is 0 Å². The van der Waals surface area contributed by atoms with E-state index >= 15 is 0 Å². The lowest BCUT2D eigenvalue weighted by molar-refractivity contribution is -0.116. The second-order valence-electron chi connectivity index (χ2n) is 6.62. The lowest BCUT2D eigenvalue weighted by atomic mass is 10.0. The van der Waals surface area contributed by atoms with Crippen molar-refractivity contribution in [1.29, 1.82) is 0 Å². The van der Waals surface area contributed by atoms with Gasteiger partial charge in [0, 0.05) is 13.2 Å². The third-order valence-electron chi connectivity index (χ3n) is 4.51. The molecular formula is C19H25N3O3S. The van der Waals surface area contributed by atoms with Gasteiger partial charge in [-0.1, -0.05) is 6.07 Å². The van der Waals surface area contributed by atoms with Gasteiger partial charge in [-0.05, 0) is 74.6 Å². The van der Waals surface area contributed by atoms with E-state index in [1.807, 2.05) is 32.9 Å². The maximum absolute atomic E-state index is 13.1. The third kappa shape index (κ3) is 4.11. The number of sulfonamides is 1. The number of anilines is 1. The number of nitrogens with one attached hydrogen (secondary N) is 1. The molecule has 1 amide bonds. The van der Waals surface area contributed by atoms with E-state index in [2.05, 4.69) is 10.3 Å². The first-order valence-corrected chi connectivity index (χ1v) is 9.74. The number of pyridine rings is 1. The Bertz CT molecular complexity index is 926. The van der Waals surface area contributed by atoms with Crippen LogP contribution in [0.1, 0.15) is 27.8 Å². The third-order valence-corrected chi connectivity index (χ3v) is 6.59. The molecule has 1 aromatic heterocycles. The molecule has 0 unspecified atom stereocenters. The molecule has 1 N–H and O–H groups in total. The quantitative estimate of drug-likeness (QED) is 0.871. The zero-order valence-corrected chi connectivity index (χ0v) is 16.9. The summed E-state index contributed by atoms with van der Waals surface area (Å²) in [5.41, 5.74) is 4.20. The molecule has 0 spiro atoms. The topological polar surface area (TPSA) is 79.4 Å². The number of carbonyl (C=O) groups is 1. The van der Waals surface area contributed by atoms with Gasteiger partial charge in [0.2, 0.25) is 15.9 Å². The van der Waals surface area contributed by atoms with Gasteiger partial charge in [-0.15, -0.1) is 0 Å². The van der Waals surface area contributed by atoms with Crippen molar-refractivity contribution in [2.24, 2.45) is 0 Å². The fourth-order valence-electron chi connectivity index (χ4n) is 2.80. The number of aryl methyl sites for hydroxylation is 3. The summed E-state index contributed by atoms with van der Waals surface area (Å²) in [6.45, 7) is 8.95. The molecule has 140 valence electrons. The van der Waals surface area contributed by atoms with E-state index in [0.29, 0.717) is 16.9 Å². The van der Waals surface area contributed by atoms with E-state index in [9.17, 15) is 13.2 Å². The van der Waals surface area contributed by atoms with Gasteiger partial charge in [-0.3, -0.25) is 4.79 Å². The number of benzene rings is 1. The van der Waals surface area contributed by atoms with Crippen molar-refractivity contribution in [3.8, 4) is 0 Å². The molecular weight excluding hydrogens is 350 g/mol. The van der Waals surface area contributed by atoms with E-state index in [1.54, 1.807) is 26.1 Å². The predicted octanol–water partition coefficient (Wildman–Crippen LogP) is 2.88. The van der Waals surface area contributed by atoms with E-state index in [0.717, 1.165) is 21.0 Å². The van der Waals surface area contributed by atoms with E-state index in [-0.39, 0.29) is 11.4 Å². The normalized spacial score (nSPS) is 11.7. The largest absolute Gasteiger partial charge is 0.310 e. The molecule has 0 saturated carbocycles. The van der Waals surface area contributed by atoms with Crippen molar-refractivity contribution < 1.29 is 13.2 Å². The van der Waals surface area contributed by atoms with Crippen molar-refractivity contribution in [3.63, 3.8) is 0 Å². The van der Waals surface area contributed by atoms with Gasteiger partial charge < -0.3 is 5.32 Å². The molecule has 0 fully saturated rings. The summed E-state index contributed by atoms with van der Waals surface area (Å²) in [5, 5.41) is 2.63. The van der Waals surface area contributed by atoms with E-state index in [4.69, 9.17) is 0 Å². The second-order valence-corrected chi connectivity index (χ2v) is 8.60. The van der Waals surface area contributed by atoms with Crippen LogP contribution in [0.3, 0.4) is 0 Å². The molecule has 0 radical (unpaired) electrons. The number of rotatable bonds is 5. The highest BCUT2D eigenvalue weighted by Gasteiger charge is 2.28. The standard InChI is InChI=1S/C19H25N3O3S/c1-12-7-8-20-17(9-12)21-18(23)11-22(6)26(24,25)19-15(4)13(2)10-14(3)16(19)5/h7-10H,11H2,1-6H3,(H,20,21,23). The molecule has 2 aromatic rings. The fraction of sp³-hybridized carbons (Fsp3) is 0.368. The number of likely N-dealkylation sites (N-methyl/N-ethyl adjacent to an activating group) is 1. The molecule has 1 heterocycles. The van der Waals surface area contributed by atoms with Crippen LogP contribution < -0.4 is 5.32 Å². The van der Waals surface area contributed by atoms with Crippen molar-refractivity contribution in [3.05, 3.63) is 52.2 Å². The van der Waals surface area contributed by atoms with Crippen LogP contribution in [0.4, 0.5) is 5.82 Å². The Hall–Kier alpha value is -2.25. The zero-order chi connectivity index (χ0) is 19.6. The molecule has 0 saturated heterocycles. The molecule has 6 nitrogen and oxygen atoms in total. The van der Waals surface area contributed by atoms with E-state index < -0.39 is 15.9 Å². The van der Waals surface area contributed by atoms with Crippen LogP contribution >= 0.6 is 0 Å². The molecule has 0 aliphatic rings. The Kier molecular flexibility index (Phi) is 5.83. The van der Waals surface area contributed by atoms with Crippen LogP contribution in [0, 0.1) is 34.6 Å². The number of hydrogen-bond donors (Lipinski definition) is 1. The van der Waals surface area contributed by atoms with Crippen LogP contribution in [-0.2, 0) is 14.8 Å².